The van der Waals surface area contributed by atoms with Gasteiger partial charge in [0.15, 0.2) is 0 Å². The number of benzene rings is 2. The highest BCUT2D eigenvalue weighted by molar-refractivity contribution is 6.42. The van der Waals surface area contributed by atoms with Gasteiger partial charge < -0.3 is 5.32 Å². The molecule has 30 heavy (non-hydrogen) atoms. The van der Waals surface area contributed by atoms with Crippen molar-refractivity contribution in [3.8, 4) is 0 Å². The van der Waals surface area contributed by atoms with Crippen LogP contribution in [0.4, 0.5) is 5.69 Å². The normalized spacial score (nSPS) is 26.1. The second-order valence-corrected chi connectivity index (χ2v) is 10.3. The predicted octanol–water partition coefficient (Wildman–Crippen LogP) is 6.56. The highest BCUT2D eigenvalue weighted by atomic mass is 35.5. The molecule has 1 fully saturated rings. The smallest absolute Gasteiger partial charge is 0.237 e. The maximum atomic E-state index is 13.8. The fourth-order valence-corrected chi connectivity index (χ4v) is 5.91. The Morgan fingerprint density at radius 2 is 1.57 bits per heavy atom. The van der Waals surface area contributed by atoms with E-state index in [-0.39, 0.29) is 16.7 Å². The van der Waals surface area contributed by atoms with E-state index in [9.17, 15) is 4.79 Å². The summed E-state index contributed by atoms with van der Waals surface area (Å²) in [4.78, 5) is 23.7. The van der Waals surface area contributed by atoms with E-state index in [4.69, 9.17) is 44.8 Å². The van der Waals surface area contributed by atoms with Crippen molar-refractivity contribution in [1.82, 2.24) is 9.97 Å². The van der Waals surface area contributed by atoms with Crippen LogP contribution in [0.3, 0.4) is 0 Å². The van der Waals surface area contributed by atoms with E-state index in [1.165, 1.54) is 0 Å². The first-order valence-electron chi connectivity index (χ1n) is 9.85. The molecule has 2 aliphatic carbocycles. The maximum absolute atomic E-state index is 13.8. The molecule has 2 unspecified atom stereocenters. The van der Waals surface area contributed by atoms with Crippen LogP contribution in [0.25, 0.3) is 11.0 Å². The molecular formula is C23H20Cl3N3O. The van der Waals surface area contributed by atoms with Gasteiger partial charge in [0, 0.05) is 16.1 Å². The second kappa shape index (κ2) is 6.32. The Balaban J connectivity index is 1.72. The number of nitrogens with one attached hydrogen (secondary N) is 1. The first-order valence-corrected chi connectivity index (χ1v) is 11.0. The molecule has 4 nitrogen and oxygen atoms in total. The molecule has 154 valence electrons. The van der Waals surface area contributed by atoms with E-state index >= 15 is 0 Å². The molecule has 1 saturated carbocycles. The van der Waals surface area contributed by atoms with Gasteiger partial charge in [-0.2, -0.15) is 0 Å². The molecule has 0 radical (unpaired) electrons. The fraction of sp³-hybridized carbons (Fsp3) is 0.348. The lowest BCUT2D eigenvalue weighted by Gasteiger charge is -2.39. The molecule has 1 N–H and O–H groups in total. The van der Waals surface area contributed by atoms with Crippen LogP contribution < -0.4 is 5.32 Å². The number of fused-ring (bicyclic) bond motifs is 6. The number of nitrogens with zero attached hydrogens (tertiary/aromatic N) is 2. The standard InChI is InChI=1S/C23H20Cl3N3O/c1-21(2)22(3)7-8-23(21,20(30)27-13-6-4-5-12(24)9-13)19-18(22)28-16-10-14(25)15(26)11-17(16)29-19/h4-6,9-11H,7-8H2,1-3H3,(H,27,30). The molecule has 5 rings (SSSR count). The largest absolute Gasteiger partial charge is 0.325 e. The molecule has 2 aromatic carbocycles. The first kappa shape index (κ1) is 20.0. The molecule has 7 heteroatoms. The summed E-state index contributed by atoms with van der Waals surface area (Å²) in [6.07, 6.45) is 1.56. The zero-order valence-electron chi connectivity index (χ0n) is 16.8. The molecule has 1 aromatic heterocycles. The van der Waals surface area contributed by atoms with Gasteiger partial charge in [0.2, 0.25) is 5.91 Å². The average molecular weight is 461 g/mol. The van der Waals surface area contributed by atoms with Crippen molar-refractivity contribution in [2.45, 2.75) is 44.4 Å². The Morgan fingerprint density at radius 1 is 0.933 bits per heavy atom. The minimum atomic E-state index is -0.799. The summed E-state index contributed by atoms with van der Waals surface area (Å²) in [7, 11) is 0. The monoisotopic (exact) mass is 459 g/mol. The van der Waals surface area contributed by atoms with Crippen LogP contribution in [0.2, 0.25) is 15.1 Å². The van der Waals surface area contributed by atoms with Crippen molar-refractivity contribution >= 4 is 57.4 Å². The zero-order chi connectivity index (χ0) is 21.5. The summed E-state index contributed by atoms with van der Waals surface area (Å²) < 4.78 is 0. The molecular weight excluding hydrogens is 441 g/mol. The highest BCUT2D eigenvalue weighted by Gasteiger charge is 2.73. The molecule has 0 aliphatic heterocycles. The van der Waals surface area contributed by atoms with E-state index in [0.29, 0.717) is 38.2 Å². The second-order valence-electron chi connectivity index (χ2n) is 9.00. The summed E-state index contributed by atoms with van der Waals surface area (Å²) in [6.45, 7) is 6.47. The van der Waals surface area contributed by atoms with Crippen molar-refractivity contribution in [3.63, 3.8) is 0 Å². The Hall–Kier alpha value is -1.88. The van der Waals surface area contributed by atoms with Gasteiger partial charge in [0.1, 0.15) is 0 Å². The number of carbonyl (C=O) groups excluding carboxylic acids is 1. The van der Waals surface area contributed by atoms with Crippen LogP contribution in [-0.4, -0.2) is 15.9 Å². The third-order valence-corrected chi connectivity index (χ3v) is 8.51. The number of hydrogen-bond acceptors (Lipinski definition) is 3. The minimum absolute atomic E-state index is 0.0778. The molecule has 0 saturated heterocycles. The molecule has 2 aliphatic rings. The van der Waals surface area contributed by atoms with Crippen molar-refractivity contribution in [1.29, 1.82) is 0 Å². The van der Waals surface area contributed by atoms with E-state index in [1.54, 1.807) is 24.3 Å². The van der Waals surface area contributed by atoms with Gasteiger partial charge >= 0.3 is 0 Å². The van der Waals surface area contributed by atoms with Crippen LogP contribution in [-0.2, 0) is 15.6 Å². The predicted molar refractivity (Wildman–Crippen MR) is 122 cm³/mol. The van der Waals surface area contributed by atoms with Gasteiger partial charge in [-0.25, -0.2) is 9.97 Å². The van der Waals surface area contributed by atoms with Gasteiger partial charge in [-0.1, -0.05) is 61.6 Å². The fourth-order valence-electron chi connectivity index (χ4n) is 5.41. The van der Waals surface area contributed by atoms with Crippen molar-refractivity contribution in [2.75, 3.05) is 5.32 Å². The third kappa shape index (κ3) is 2.39. The number of carbonyl (C=O) groups is 1. The van der Waals surface area contributed by atoms with Crippen LogP contribution in [0, 0.1) is 5.41 Å². The molecule has 2 bridgehead atoms. The van der Waals surface area contributed by atoms with E-state index in [1.807, 2.05) is 12.1 Å². The Morgan fingerprint density at radius 3 is 2.20 bits per heavy atom. The summed E-state index contributed by atoms with van der Waals surface area (Å²) in [5, 5.41) is 4.53. The zero-order valence-corrected chi connectivity index (χ0v) is 19.1. The van der Waals surface area contributed by atoms with Gasteiger partial charge in [-0.05, 0) is 48.6 Å². The molecule has 3 aromatic rings. The number of anilines is 1. The summed E-state index contributed by atoms with van der Waals surface area (Å²) in [6, 6.07) is 10.7. The number of aromatic nitrogens is 2. The van der Waals surface area contributed by atoms with Gasteiger partial charge in [-0.15, -0.1) is 0 Å². The first-order chi connectivity index (χ1) is 14.1. The lowest BCUT2D eigenvalue weighted by atomic mass is 9.63. The van der Waals surface area contributed by atoms with Crippen LogP contribution in [0.15, 0.2) is 36.4 Å². The SMILES string of the molecule is CC12CCC(C(=O)Nc3cccc(Cl)c3)(c3nc4cc(Cl)c(Cl)cc4nc31)C2(C)C. The quantitative estimate of drug-likeness (QED) is 0.471. The maximum Gasteiger partial charge on any atom is 0.237 e. The van der Waals surface area contributed by atoms with Gasteiger partial charge in [0.25, 0.3) is 0 Å². The van der Waals surface area contributed by atoms with Gasteiger partial charge in [-0.3, -0.25) is 4.79 Å². The highest BCUT2D eigenvalue weighted by Crippen LogP contribution is 2.70. The van der Waals surface area contributed by atoms with E-state index in [2.05, 4.69) is 26.1 Å². The molecule has 0 spiro atoms. The van der Waals surface area contributed by atoms with Crippen molar-refractivity contribution in [2.24, 2.45) is 5.41 Å². The average Bonchev–Trinajstić information content (AvgIpc) is 2.97. The third-order valence-electron chi connectivity index (χ3n) is 7.55. The lowest BCUT2D eigenvalue weighted by molar-refractivity contribution is -0.125. The lowest BCUT2D eigenvalue weighted by Crippen LogP contribution is -2.48. The molecule has 2 atom stereocenters. The number of amides is 1. The van der Waals surface area contributed by atoms with E-state index < -0.39 is 5.41 Å². The van der Waals surface area contributed by atoms with Gasteiger partial charge in [0.05, 0.1) is 37.9 Å². The Labute approximate surface area is 190 Å². The van der Waals surface area contributed by atoms with Crippen LogP contribution in [0.5, 0.6) is 0 Å². The van der Waals surface area contributed by atoms with E-state index in [0.717, 1.165) is 17.8 Å². The summed E-state index contributed by atoms with van der Waals surface area (Å²) in [5.74, 6) is -0.0778. The van der Waals surface area contributed by atoms with Crippen LogP contribution in [0.1, 0.15) is 45.0 Å². The molecule has 1 heterocycles. The summed E-state index contributed by atoms with van der Waals surface area (Å²) >= 11 is 18.6. The number of rotatable bonds is 2. The van der Waals surface area contributed by atoms with Crippen LogP contribution >= 0.6 is 34.8 Å². The topological polar surface area (TPSA) is 54.9 Å². The Bertz CT molecular complexity index is 1240. The number of halogens is 3. The minimum Gasteiger partial charge on any atom is -0.325 e. The Kier molecular flexibility index (Phi) is 4.22. The molecule has 1 amide bonds. The summed E-state index contributed by atoms with van der Waals surface area (Å²) in [5.41, 5.74) is 2.17. The van der Waals surface area contributed by atoms with Crippen molar-refractivity contribution < 1.29 is 4.79 Å². The number of hydrogen-bond donors (Lipinski definition) is 1. The van der Waals surface area contributed by atoms with Crippen molar-refractivity contribution in [3.05, 3.63) is 62.9 Å².